The summed E-state index contributed by atoms with van der Waals surface area (Å²) in [6, 6.07) is 4.84. The van der Waals surface area contributed by atoms with Crippen LogP contribution in [0.5, 0.6) is 0 Å². The quantitative estimate of drug-likeness (QED) is 0.797. The molecule has 0 bridgehead atoms. The summed E-state index contributed by atoms with van der Waals surface area (Å²) in [6.45, 7) is 10.4. The molecule has 1 aromatic heterocycles. The van der Waals surface area contributed by atoms with E-state index in [0.717, 1.165) is 45.8 Å². The van der Waals surface area contributed by atoms with Gasteiger partial charge >= 0.3 is 0 Å². The lowest BCUT2D eigenvalue weighted by atomic mass is 10.0. The number of rotatable bonds is 7. The van der Waals surface area contributed by atoms with Crippen LogP contribution in [0.2, 0.25) is 0 Å². The van der Waals surface area contributed by atoms with Gasteiger partial charge in [0.1, 0.15) is 0 Å². The predicted octanol–water partition coefficient (Wildman–Crippen LogP) is 2.60. The summed E-state index contributed by atoms with van der Waals surface area (Å²) in [5.41, 5.74) is 7.25. The second kappa shape index (κ2) is 7.04. The number of benzene rings is 1. The molecule has 0 saturated heterocycles. The Kier molecular flexibility index (Phi) is 5.05. The number of likely N-dealkylation sites (N-methyl/N-ethyl adjacent to an activating group) is 1. The monoisotopic (exact) mass is 315 g/mol. The van der Waals surface area contributed by atoms with Crippen molar-refractivity contribution in [3.8, 4) is 0 Å². The molecule has 1 aromatic carbocycles. The lowest BCUT2D eigenvalue weighted by Gasteiger charge is -2.13. The average Bonchev–Trinajstić information content (AvgIpc) is 3.05. The van der Waals surface area contributed by atoms with E-state index in [1.165, 1.54) is 33.3 Å². The molecule has 0 unspecified atom stereocenters. The molecule has 2 aromatic rings. The van der Waals surface area contributed by atoms with E-state index < -0.39 is 0 Å². The molecule has 0 fully saturated rings. The van der Waals surface area contributed by atoms with E-state index in [4.69, 9.17) is 4.74 Å². The third-order valence-electron chi connectivity index (χ3n) is 5.15. The zero-order valence-corrected chi connectivity index (χ0v) is 14.9. The zero-order chi connectivity index (χ0) is 16.4. The van der Waals surface area contributed by atoms with E-state index in [1.807, 2.05) is 0 Å². The third-order valence-corrected chi connectivity index (χ3v) is 5.15. The van der Waals surface area contributed by atoms with Crippen LogP contribution in [0, 0.1) is 6.92 Å². The Morgan fingerprint density at radius 3 is 2.65 bits per heavy atom. The first-order valence-electron chi connectivity index (χ1n) is 8.67. The fraction of sp³-hybridized carbons (Fsp3) is 0.579. The van der Waals surface area contributed by atoms with Gasteiger partial charge < -0.3 is 14.6 Å². The zero-order valence-electron chi connectivity index (χ0n) is 14.9. The van der Waals surface area contributed by atoms with Crippen LogP contribution in [-0.2, 0) is 31.3 Å². The Bertz CT molecular complexity index is 690. The molecule has 1 aliphatic rings. The molecule has 0 spiro atoms. The Hall–Kier alpha value is -1.36. The van der Waals surface area contributed by atoms with E-state index in [0.29, 0.717) is 0 Å². The van der Waals surface area contributed by atoms with Crippen LogP contribution >= 0.6 is 0 Å². The van der Waals surface area contributed by atoms with Crippen molar-refractivity contribution in [3.63, 3.8) is 0 Å². The first-order chi connectivity index (χ1) is 11.2. The topological polar surface area (TPSA) is 29.4 Å². The fourth-order valence-corrected chi connectivity index (χ4v) is 3.69. The number of aromatic nitrogens is 1. The van der Waals surface area contributed by atoms with Crippen LogP contribution in [-0.4, -0.2) is 42.8 Å². The molecule has 0 aliphatic carbocycles. The largest absolute Gasteiger partial charge is 0.383 e. The highest BCUT2D eigenvalue weighted by atomic mass is 16.5. The minimum Gasteiger partial charge on any atom is -0.383 e. The summed E-state index contributed by atoms with van der Waals surface area (Å²) in [6.07, 6.45) is 1.10. The summed E-state index contributed by atoms with van der Waals surface area (Å²) in [7, 11) is 3.97. The van der Waals surface area contributed by atoms with Crippen LogP contribution < -0.4 is 5.32 Å². The highest BCUT2D eigenvalue weighted by Crippen LogP contribution is 2.32. The van der Waals surface area contributed by atoms with Crippen molar-refractivity contribution in [2.75, 3.05) is 33.4 Å². The van der Waals surface area contributed by atoms with Gasteiger partial charge in [-0.3, -0.25) is 4.90 Å². The van der Waals surface area contributed by atoms with Gasteiger partial charge in [0.05, 0.1) is 6.61 Å². The standard InChI is InChI=1S/C19H29N3O/c1-5-20-7-6-17-14(2)21(3)19-11-16-13-22(8-9-23-4)12-15(16)10-18(17)19/h10-11,20H,5-9,12-13H2,1-4H3. The number of methoxy groups -OCH3 is 1. The lowest BCUT2D eigenvalue weighted by Crippen LogP contribution is -2.21. The summed E-state index contributed by atoms with van der Waals surface area (Å²) < 4.78 is 7.58. The minimum absolute atomic E-state index is 0.806. The number of nitrogens with zero attached hydrogens (tertiary/aromatic N) is 2. The molecule has 4 heteroatoms. The Morgan fingerprint density at radius 1 is 1.22 bits per heavy atom. The van der Waals surface area contributed by atoms with E-state index >= 15 is 0 Å². The fourth-order valence-electron chi connectivity index (χ4n) is 3.69. The third kappa shape index (κ3) is 3.16. The predicted molar refractivity (Wildman–Crippen MR) is 95.9 cm³/mol. The minimum atomic E-state index is 0.806. The van der Waals surface area contributed by atoms with Gasteiger partial charge in [0, 0.05) is 50.4 Å². The van der Waals surface area contributed by atoms with Gasteiger partial charge in [0.2, 0.25) is 0 Å². The first-order valence-corrected chi connectivity index (χ1v) is 8.67. The Labute approximate surface area is 139 Å². The number of fused-ring (bicyclic) bond motifs is 2. The second-order valence-electron chi connectivity index (χ2n) is 6.57. The van der Waals surface area contributed by atoms with Crippen LogP contribution in [0.1, 0.15) is 29.3 Å². The van der Waals surface area contributed by atoms with Crippen LogP contribution in [0.15, 0.2) is 12.1 Å². The van der Waals surface area contributed by atoms with Crippen molar-refractivity contribution in [1.82, 2.24) is 14.8 Å². The smallest absolute Gasteiger partial charge is 0.0589 e. The van der Waals surface area contributed by atoms with E-state index in [-0.39, 0.29) is 0 Å². The number of ether oxygens (including phenoxy) is 1. The van der Waals surface area contributed by atoms with Gasteiger partial charge in [-0.05, 0) is 55.3 Å². The van der Waals surface area contributed by atoms with Gasteiger partial charge in [-0.1, -0.05) is 6.92 Å². The van der Waals surface area contributed by atoms with E-state index in [9.17, 15) is 0 Å². The summed E-state index contributed by atoms with van der Waals surface area (Å²) in [5, 5.41) is 4.89. The number of hydrogen-bond acceptors (Lipinski definition) is 3. The molecule has 1 aliphatic heterocycles. The molecule has 0 saturated carbocycles. The molecule has 23 heavy (non-hydrogen) atoms. The van der Waals surface area contributed by atoms with Gasteiger partial charge in [0.15, 0.2) is 0 Å². The van der Waals surface area contributed by atoms with Gasteiger partial charge in [-0.2, -0.15) is 0 Å². The Morgan fingerprint density at radius 2 is 1.96 bits per heavy atom. The van der Waals surface area contributed by atoms with Crippen molar-refractivity contribution in [2.45, 2.75) is 33.4 Å². The van der Waals surface area contributed by atoms with Gasteiger partial charge in [0.25, 0.3) is 0 Å². The molecular formula is C19H29N3O. The Balaban J connectivity index is 1.90. The average molecular weight is 315 g/mol. The maximum Gasteiger partial charge on any atom is 0.0589 e. The molecule has 4 nitrogen and oxygen atoms in total. The number of nitrogens with one attached hydrogen (secondary N) is 1. The molecule has 0 radical (unpaired) electrons. The summed E-state index contributed by atoms with van der Waals surface area (Å²) in [5.74, 6) is 0. The molecule has 1 N–H and O–H groups in total. The molecule has 2 heterocycles. The van der Waals surface area contributed by atoms with Crippen molar-refractivity contribution >= 4 is 10.9 Å². The summed E-state index contributed by atoms with van der Waals surface area (Å²) in [4.78, 5) is 2.47. The summed E-state index contributed by atoms with van der Waals surface area (Å²) >= 11 is 0. The molecule has 3 rings (SSSR count). The highest BCUT2D eigenvalue weighted by Gasteiger charge is 2.21. The number of aryl methyl sites for hydroxylation is 1. The number of hydrogen-bond donors (Lipinski definition) is 1. The van der Waals surface area contributed by atoms with Gasteiger partial charge in [-0.15, -0.1) is 0 Å². The molecule has 126 valence electrons. The molecular weight excluding hydrogens is 286 g/mol. The maximum atomic E-state index is 5.22. The maximum absolute atomic E-state index is 5.22. The van der Waals surface area contributed by atoms with E-state index in [2.05, 4.69) is 47.8 Å². The lowest BCUT2D eigenvalue weighted by molar-refractivity contribution is 0.147. The van der Waals surface area contributed by atoms with E-state index in [1.54, 1.807) is 7.11 Å². The molecule has 0 atom stereocenters. The van der Waals surface area contributed by atoms with Crippen LogP contribution in [0.25, 0.3) is 10.9 Å². The highest BCUT2D eigenvalue weighted by molar-refractivity contribution is 5.87. The molecule has 0 amide bonds. The van der Waals surface area contributed by atoms with Crippen molar-refractivity contribution < 1.29 is 4.74 Å². The van der Waals surface area contributed by atoms with Crippen molar-refractivity contribution in [1.29, 1.82) is 0 Å². The van der Waals surface area contributed by atoms with Crippen molar-refractivity contribution in [3.05, 3.63) is 34.5 Å². The van der Waals surface area contributed by atoms with Gasteiger partial charge in [-0.25, -0.2) is 0 Å². The SMILES string of the molecule is CCNCCc1c(C)n(C)c2cc3c(cc12)CN(CCOC)C3. The first kappa shape index (κ1) is 16.5. The van der Waals surface area contributed by atoms with Crippen molar-refractivity contribution in [2.24, 2.45) is 7.05 Å². The second-order valence-corrected chi connectivity index (χ2v) is 6.57. The van der Waals surface area contributed by atoms with Crippen LogP contribution in [0.4, 0.5) is 0 Å². The normalized spacial score (nSPS) is 14.8. The van der Waals surface area contributed by atoms with Crippen LogP contribution in [0.3, 0.4) is 0 Å².